The Labute approximate surface area is 81.2 Å². The molecule has 0 aromatic heterocycles. The summed E-state index contributed by atoms with van der Waals surface area (Å²) in [6.07, 6.45) is -0.369. The van der Waals surface area contributed by atoms with Gasteiger partial charge in [-0.15, -0.1) is 0 Å². The Morgan fingerprint density at radius 1 is 1.29 bits per heavy atom. The van der Waals surface area contributed by atoms with Crippen LogP contribution in [0.25, 0.3) is 0 Å². The molecule has 0 radical (unpaired) electrons. The van der Waals surface area contributed by atoms with Crippen LogP contribution >= 0.6 is 0 Å². The van der Waals surface area contributed by atoms with E-state index in [2.05, 4.69) is 0 Å². The van der Waals surface area contributed by atoms with E-state index in [0.29, 0.717) is 22.9 Å². The lowest BCUT2D eigenvalue weighted by molar-refractivity contribution is 0.0469. The molecule has 0 saturated carbocycles. The molecule has 76 valence electrons. The molecule has 0 spiro atoms. The topological polar surface area (TPSA) is 90.7 Å². The van der Waals surface area contributed by atoms with E-state index in [9.17, 15) is 0 Å². The highest BCUT2D eigenvalue weighted by atomic mass is 16.6. The van der Waals surface area contributed by atoms with Crippen LogP contribution in [0.15, 0.2) is 12.1 Å². The minimum absolute atomic E-state index is 0.103. The first kappa shape index (κ1) is 8.96. The third-order valence-electron chi connectivity index (χ3n) is 2.07. The zero-order chi connectivity index (χ0) is 10.1. The normalized spacial score (nSPS) is 19.4. The largest absolute Gasteiger partial charge is 0.484 e. The Morgan fingerprint density at radius 2 is 1.93 bits per heavy atom. The van der Waals surface area contributed by atoms with E-state index in [1.54, 1.807) is 12.1 Å². The fourth-order valence-electron chi connectivity index (χ4n) is 1.33. The number of rotatable bonds is 1. The molecule has 14 heavy (non-hydrogen) atoms. The Balaban J connectivity index is 2.40. The fraction of sp³-hybridized carbons (Fsp3) is 0.333. The van der Waals surface area contributed by atoms with Gasteiger partial charge < -0.3 is 26.0 Å². The molecule has 1 unspecified atom stereocenters. The highest BCUT2D eigenvalue weighted by Gasteiger charge is 2.24. The summed E-state index contributed by atoms with van der Waals surface area (Å²) in [5.41, 5.74) is 12.3. The first-order valence-electron chi connectivity index (χ1n) is 4.30. The van der Waals surface area contributed by atoms with Gasteiger partial charge >= 0.3 is 0 Å². The van der Waals surface area contributed by atoms with Crippen LogP contribution in [0, 0.1) is 0 Å². The van der Waals surface area contributed by atoms with E-state index < -0.39 is 0 Å². The van der Waals surface area contributed by atoms with Crippen molar-refractivity contribution in [3.8, 4) is 11.5 Å². The summed E-state index contributed by atoms with van der Waals surface area (Å²) in [5, 5.41) is 8.90. The van der Waals surface area contributed by atoms with Crippen LogP contribution in [-0.2, 0) is 0 Å². The number of anilines is 2. The van der Waals surface area contributed by atoms with Crippen LogP contribution in [0.2, 0.25) is 0 Å². The van der Waals surface area contributed by atoms with E-state index in [4.69, 9.17) is 26.0 Å². The molecule has 1 aromatic rings. The van der Waals surface area contributed by atoms with Crippen molar-refractivity contribution < 1.29 is 14.6 Å². The predicted molar refractivity (Wildman–Crippen MR) is 52.3 cm³/mol. The molecule has 1 aliphatic rings. The first-order chi connectivity index (χ1) is 6.72. The van der Waals surface area contributed by atoms with Crippen molar-refractivity contribution in [3.05, 3.63) is 12.1 Å². The summed E-state index contributed by atoms with van der Waals surface area (Å²) in [7, 11) is 0. The monoisotopic (exact) mass is 196 g/mol. The molecule has 0 bridgehead atoms. The molecular formula is C9H12N2O3. The van der Waals surface area contributed by atoms with Gasteiger partial charge in [0.1, 0.15) is 6.61 Å². The maximum atomic E-state index is 8.90. The Kier molecular flexibility index (Phi) is 2.09. The molecule has 5 nitrogen and oxygen atoms in total. The lowest BCUT2D eigenvalue weighted by atomic mass is 10.2. The van der Waals surface area contributed by atoms with E-state index in [-0.39, 0.29) is 19.3 Å². The van der Waals surface area contributed by atoms with Crippen LogP contribution in [0.5, 0.6) is 11.5 Å². The molecule has 0 fully saturated rings. The molecule has 5 N–H and O–H groups in total. The highest BCUT2D eigenvalue weighted by Crippen LogP contribution is 2.41. The number of hydrogen-bond donors (Lipinski definition) is 3. The Bertz CT molecular complexity index is 354. The van der Waals surface area contributed by atoms with Crippen molar-refractivity contribution in [2.24, 2.45) is 0 Å². The lowest BCUT2D eigenvalue weighted by Crippen LogP contribution is -2.32. The standard InChI is InChI=1S/C9H12N2O3/c10-6-1-2-7(11)9-8(6)13-4-5(3-12)14-9/h1-2,5,12H,3-4,10-11H2. The molecule has 5 heteroatoms. The molecule has 1 aliphatic heterocycles. The van der Waals surface area contributed by atoms with E-state index >= 15 is 0 Å². The van der Waals surface area contributed by atoms with Gasteiger partial charge in [-0.3, -0.25) is 0 Å². The van der Waals surface area contributed by atoms with Gasteiger partial charge in [0.05, 0.1) is 18.0 Å². The number of fused-ring (bicyclic) bond motifs is 1. The van der Waals surface area contributed by atoms with Crippen molar-refractivity contribution >= 4 is 11.4 Å². The van der Waals surface area contributed by atoms with Gasteiger partial charge in [0.2, 0.25) is 0 Å². The van der Waals surface area contributed by atoms with Crippen LogP contribution in [0.1, 0.15) is 0 Å². The van der Waals surface area contributed by atoms with Crippen LogP contribution < -0.4 is 20.9 Å². The molecular weight excluding hydrogens is 184 g/mol. The van der Waals surface area contributed by atoms with Gasteiger partial charge in [-0.05, 0) is 12.1 Å². The fourth-order valence-corrected chi connectivity index (χ4v) is 1.33. The SMILES string of the molecule is Nc1ccc(N)c2c1OCC(CO)O2. The van der Waals surface area contributed by atoms with E-state index in [1.807, 2.05) is 0 Å². The second-order valence-electron chi connectivity index (χ2n) is 3.14. The second kappa shape index (κ2) is 3.26. The average molecular weight is 196 g/mol. The third-order valence-corrected chi connectivity index (χ3v) is 2.07. The van der Waals surface area contributed by atoms with Crippen molar-refractivity contribution in [1.82, 2.24) is 0 Å². The van der Waals surface area contributed by atoms with Crippen LogP contribution in [0.4, 0.5) is 11.4 Å². The number of aliphatic hydroxyl groups excluding tert-OH is 1. The minimum atomic E-state index is -0.369. The van der Waals surface area contributed by atoms with Crippen molar-refractivity contribution in [2.75, 3.05) is 24.7 Å². The number of aliphatic hydroxyl groups is 1. The minimum Gasteiger partial charge on any atom is -0.484 e. The summed E-state index contributed by atoms with van der Waals surface area (Å²) in [5.74, 6) is 0.894. The van der Waals surface area contributed by atoms with E-state index in [0.717, 1.165) is 0 Å². The molecule has 0 saturated heterocycles. The maximum absolute atomic E-state index is 8.90. The summed E-state index contributed by atoms with van der Waals surface area (Å²) in [6, 6.07) is 3.31. The van der Waals surface area contributed by atoms with Crippen LogP contribution in [-0.4, -0.2) is 24.4 Å². The summed E-state index contributed by atoms with van der Waals surface area (Å²) in [4.78, 5) is 0. The van der Waals surface area contributed by atoms with Gasteiger partial charge in [-0.25, -0.2) is 0 Å². The first-order valence-corrected chi connectivity index (χ1v) is 4.30. The number of ether oxygens (including phenoxy) is 2. The summed E-state index contributed by atoms with van der Waals surface area (Å²) < 4.78 is 10.8. The number of nitrogens with two attached hydrogens (primary N) is 2. The summed E-state index contributed by atoms with van der Waals surface area (Å²) in [6.45, 7) is 0.185. The predicted octanol–water partition coefficient (Wildman–Crippen LogP) is -0.0169. The third kappa shape index (κ3) is 1.31. The van der Waals surface area contributed by atoms with Crippen LogP contribution in [0.3, 0.4) is 0 Å². The van der Waals surface area contributed by atoms with Crippen molar-refractivity contribution in [3.63, 3.8) is 0 Å². The molecule has 0 aliphatic carbocycles. The average Bonchev–Trinajstić information content (AvgIpc) is 2.23. The smallest absolute Gasteiger partial charge is 0.186 e. The van der Waals surface area contributed by atoms with Gasteiger partial charge in [0.25, 0.3) is 0 Å². The van der Waals surface area contributed by atoms with Gasteiger partial charge in [-0.2, -0.15) is 0 Å². The van der Waals surface area contributed by atoms with Gasteiger partial charge in [0.15, 0.2) is 17.6 Å². The summed E-state index contributed by atoms with van der Waals surface area (Å²) >= 11 is 0. The Hall–Kier alpha value is -1.62. The molecule has 1 heterocycles. The zero-order valence-electron chi connectivity index (χ0n) is 7.56. The van der Waals surface area contributed by atoms with E-state index in [1.165, 1.54) is 0 Å². The number of nitrogen functional groups attached to an aromatic ring is 2. The maximum Gasteiger partial charge on any atom is 0.186 e. The molecule has 0 amide bonds. The quantitative estimate of drug-likeness (QED) is 0.549. The van der Waals surface area contributed by atoms with Gasteiger partial charge in [-0.1, -0.05) is 0 Å². The van der Waals surface area contributed by atoms with Crippen molar-refractivity contribution in [1.29, 1.82) is 0 Å². The molecule has 1 aromatic carbocycles. The number of hydrogen-bond acceptors (Lipinski definition) is 5. The van der Waals surface area contributed by atoms with Gasteiger partial charge in [0, 0.05) is 0 Å². The van der Waals surface area contributed by atoms with Crippen molar-refractivity contribution in [2.45, 2.75) is 6.10 Å². The molecule has 2 rings (SSSR count). The molecule has 1 atom stereocenters. The second-order valence-corrected chi connectivity index (χ2v) is 3.14. The zero-order valence-corrected chi connectivity index (χ0v) is 7.56. The number of benzene rings is 1. The Morgan fingerprint density at radius 3 is 2.57 bits per heavy atom. The lowest BCUT2D eigenvalue weighted by Gasteiger charge is -2.26. The highest BCUT2D eigenvalue weighted by molar-refractivity contribution is 5.71.